The Morgan fingerprint density at radius 2 is 0.840 bits per heavy atom. The van der Waals surface area contributed by atoms with Gasteiger partial charge in [0.15, 0.2) is 11.6 Å². The topological polar surface area (TPSA) is 308 Å². The van der Waals surface area contributed by atoms with Crippen LogP contribution in [0.5, 0.6) is 0 Å². The molecule has 265 valence electrons. The van der Waals surface area contributed by atoms with Crippen molar-refractivity contribution < 1.29 is 85.4 Å². The first-order chi connectivity index (χ1) is 22.9. The van der Waals surface area contributed by atoms with Crippen LogP contribution in [0.25, 0.3) is 0 Å². The summed E-state index contributed by atoms with van der Waals surface area (Å²) in [5.41, 5.74) is 3.25. The second-order valence-corrected chi connectivity index (χ2v) is 9.91. The van der Waals surface area contributed by atoms with Crippen LogP contribution in [0.15, 0.2) is 138 Å². The van der Waals surface area contributed by atoms with E-state index in [0.29, 0.717) is 11.6 Å². The Bertz CT molecular complexity index is 1530. The number of pyridine rings is 3. The van der Waals surface area contributed by atoms with Crippen LogP contribution in [0.1, 0.15) is 11.4 Å². The van der Waals surface area contributed by atoms with Crippen molar-refractivity contribution in [2.45, 2.75) is 0 Å². The number of hydrazone groups is 2. The number of hydrogen-bond acceptors (Lipinski definition) is 16. The van der Waals surface area contributed by atoms with Crippen LogP contribution < -0.4 is 47.3 Å². The Hall–Kier alpha value is -4.47. The van der Waals surface area contributed by atoms with Crippen LogP contribution in [0.4, 0.5) is 23.0 Å². The van der Waals surface area contributed by atoms with E-state index in [9.17, 15) is 0 Å². The largest absolute Gasteiger partial charge is 2.00 e. The fraction of sp³-hybridized carbons (Fsp3) is 0.0333. The molecule has 0 unspecified atom stereocenters. The Morgan fingerprint density at radius 1 is 0.520 bits per heavy atom. The zero-order valence-electron chi connectivity index (χ0n) is 25.8. The van der Waals surface area contributed by atoms with E-state index in [1.807, 2.05) is 115 Å². The van der Waals surface area contributed by atoms with Crippen molar-refractivity contribution in [2.75, 3.05) is 17.1 Å². The Morgan fingerprint density at radius 3 is 1.14 bits per heavy atom. The summed E-state index contributed by atoms with van der Waals surface area (Å²) >= 11 is 0. The van der Waals surface area contributed by atoms with Crippen molar-refractivity contribution in [3.63, 3.8) is 0 Å². The van der Waals surface area contributed by atoms with Gasteiger partial charge in [-0.2, -0.15) is 10.2 Å². The number of aromatic nitrogens is 3. The third kappa shape index (κ3) is 19.5. The first kappa shape index (κ1) is 45.5. The predicted molar refractivity (Wildman–Crippen MR) is 158 cm³/mol. The second kappa shape index (κ2) is 23.8. The molecule has 5 rings (SSSR count). The van der Waals surface area contributed by atoms with E-state index in [-0.39, 0.29) is 22.5 Å². The number of halogens is 2. The van der Waals surface area contributed by atoms with Gasteiger partial charge in [-0.3, -0.25) is 9.97 Å². The van der Waals surface area contributed by atoms with Crippen LogP contribution in [-0.2, 0) is 22.5 Å². The number of anilines is 4. The van der Waals surface area contributed by atoms with E-state index in [4.69, 9.17) is 57.6 Å². The van der Waals surface area contributed by atoms with Crippen molar-refractivity contribution in [1.29, 1.82) is 0 Å². The van der Waals surface area contributed by atoms with E-state index in [2.05, 4.69) is 9.97 Å². The van der Waals surface area contributed by atoms with Crippen molar-refractivity contribution >= 4 is 35.4 Å². The quantitative estimate of drug-likeness (QED) is 0.0672. The minimum Gasteiger partial charge on any atom is -0.457 e. The number of nitrogens with zero attached hydrogens (tertiary/aromatic N) is 7. The van der Waals surface area contributed by atoms with Gasteiger partial charge in [0, 0.05) is 19.5 Å². The van der Waals surface area contributed by atoms with Gasteiger partial charge < -0.3 is 10.6 Å². The number of aliphatic hydroxyl groups is 1. The molecule has 0 spiro atoms. The van der Waals surface area contributed by atoms with Crippen molar-refractivity contribution in [3.8, 4) is 0 Å². The van der Waals surface area contributed by atoms with Gasteiger partial charge in [-0.05, 0) is 60.7 Å². The van der Waals surface area contributed by atoms with Gasteiger partial charge in [0.25, 0.3) is 0 Å². The molecule has 0 aliphatic heterocycles. The van der Waals surface area contributed by atoms with Gasteiger partial charge in [0.05, 0.1) is 35.2 Å². The summed E-state index contributed by atoms with van der Waals surface area (Å²) in [6, 6.07) is 36.9. The molecule has 17 nitrogen and oxygen atoms in total. The van der Waals surface area contributed by atoms with E-state index in [0.717, 1.165) is 29.9 Å². The third-order valence-electron chi connectivity index (χ3n) is 5.14. The molecule has 0 saturated heterocycles. The average Bonchev–Trinajstić information content (AvgIpc) is 3.07. The summed E-state index contributed by atoms with van der Waals surface area (Å²) in [6.07, 6.45) is 6.92. The normalized spacial score (nSPS) is 10.5. The van der Waals surface area contributed by atoms with Gasteiger partial charge in [-0.25, -0.2) is 52.3 Å². The van der Waals surface area contributed by atoms with Crippen LogP contribution in [0, 0.1) is 20.5 Å². The van der Waals surface area contributed by atoms with Gasteiger partial charge in [-0.15, -0.1) is 20.5 Å². The van der Waals surface area contributed by atoms with Crippen molar-refractivity contribution in [2.24, 2.45) is 10.2 Å². The number of aliphatic hydroxyl groups excluding tert-OH is 1. The van der Waals surface area contributed by atoms with Crippen LogP contribution >= 0.6 is 0 Å². The molecule has 0 amide bonds. The Kier molecular flexibility index (Phi) is 21.7. The summed E-state index contributed by atoms with van der Waals surface area (Å²) in [7, 11) is -8.89. The minimum absolute atomic E-state index is 0. The Balaban J connectivity index is 0.00000150. The van der Waals surface area contributed by atoms with E-state index in [1.165, 1.54) is 0 Å². The maximum atomic E-state index is 8.49. The number of hydrogen-bond donors (Lipinski definition) is 1. The molecule has 0 aliphatic carbocycles. The van der Waals surface area contributed by atoms with Crippen molar-refractivity contribution in [1.82, 2.24) is 15.0 Å². The molecule has 0 fully saturated rings. The molecular weight excluding hydrogens is 744 g/mol. The van der Waals surface area contributed by atoms with E-state index >= 15 is 0 Å². The molecule has 4 N–H and O–H groups in total. The number of rotatable bonds is 8. The number of benzene rings is 2. The molecule has 0 aliphatic rings. The van der Waals surface area contributed by atoms with E-state index < -0.39 is 20.5 Å². The molecule has 0 bridgehead atoms. The SMILES string of the molecule is C(=N\N(c1ccccc1)c1cccc(N(/N=C/c2ccccn2)c2ccccc2)n1)/c1ccccn1.CO.[Mn+2].[O-][Cl+3]([O-])([O-])[O-].[O-][Cl+3]([O-])([O-])[O-].[OH3+]. The predicted octanol–water partition coefficient (Wildman–Crippen LogP) is -4.61. The van der Waals surface area contributed by atoms with Crippen LogP contribution in [0.2, 0.25) is 0 Å². The summed E-state index contributed by atoms with van der Waals surface area (Å²) in [4.78, 5) is 13.6. The first-order valence-corrected chi connectivity index (χ1v) is 15.6. The number of para-hydroxylation sites is 2. The molecule has 50 heavy (non-hydrogen) atoms. The molecule has 0 saturated carbocycles. The molecule has 3 aromatic heterocycles. The Labute approximate surface area is 301 Å². The molecule has 1 radical (unpaired) electrons. The fourth-order valence-corrected chi connectivity index (χ4v) is 3.44. The van der Waals surface area contributed by atoms with Gasteiger partial charge in [-0.1, -0.05) is 54.6 Å². The molecule has 20 heteroatoms. The van der Waals surface area contributed by atoms with Gasteiger partial charge in [0.2, 0.25) is 0 Å². The maximum absolute atomic E-state index is 8.49. The summed E-state index contributed by atoms with van der Waals surface area (Å²) in [5, 5.41) is 20.0. The maximum Gasteiger partial charge on any atom is 2.00 e. The third-order valence-corrected chi connectivity index (χ3v) is 5.14. The second-order valence-electron chi connectivity index (χ2n) is 8.40. The standard InChI is InChI=1S/C29H23N7.CH4O.2ClHO4.Mn.H2O/c1-3-14-26(15-4-1)35(32-22-24-12-7-9-20-30-24)28-18-11-19-29(34-28)36(27-16-5-2-6-17-27)33-23-25-13-8-10-21-31-25;1-2;2*2-1(3,4)5;;/h1-23H;2H,1H3;2*(H,2,3,4,5);;1H2/q;;;;+2;/p-1/b32-22+,33-23+;;;;;. The molecule has 5 aromatic rings. The zero-order chi connectivity index (χ0) is 35.4. The van der Waals surface area contributed by atoms with Gasteiger partial charge in [0.1, 0.15) is 0 Å². The van der Waals surface area contributed by atoms with Crippen LogP contribution in [-0.4, -0.2) is 39.6 Å². The summed E-state index contributed by atoms with van der Waals surface area (Å²) in [6.45, 7) is 0. The molecule has 0 atom stereocenters. The minimum atomic E-state index is -4.94. The van der Waals surface area contributed by atoms with Crippen molar-refractivity contribution in [3.05, 3.63) is 139 Å². The zero-order valence-corrected chi connectivity index (χ0v) is 28.5. The monoisotopic (exact) mass is 773 g/mol. The molecular formula is C30H30Cl2MnN7O10+. The first-order valence-electron chi connectivity index (χ1n) is 13.1. The fourth-order valence-electron chi connectivity index (χ4n) is 3.44. The molecule has 3 heterocycles. The smallest absolute Gasteiger partial charge is 0.457 e. The van der Waals surface area contributed by atoms with Crippen LogP contribution in [0.3, 0.4) is 0 Å². The average molecular weight is 774 g/mol. The molecule has 2 aromatic carbocycles. The summed E-state index contributed by atoms with van der Waals surface area (Å²) < 4.78 is 67.9. The summed E-state index contributed by atoms with van der Waals surface area (Å²) in [5.74, 6) is 1.28. The van der Waals surface area contributed by atoms with E-state index in [1.54, 1.807) is 34.8 Å². The van der Waals surface area contributed by atoms with Gasteiger partial charge >= 0.3 is 17.1 Å².